The highest BCUT2D eigenvalue weighted by molar-refractivity contribution is 5.58. The molecular weight excluding hydrogens is 392 g/mol. The molecule has 4 rings (SSSR count). The Kier molecular flexibility index (Phi) is 6.36. The van der Waals surface area contributed by atoms with E-state index in [0.29, 0.717) is 6.61 Å². The molecule has 0 aromatic heterocycles. The van der Waals surface area contributed by atoms with Gasteiger partial charge in [-0.05, 0) is 65.4 Å². The number of ether oxygens (including phenoxy) is 1. The summed E-state index contributed by atoms with van der Waals surface area (Å²) in [6, 6.07) is 27.7. The predicted octanol–water partition coefficient (Wildman–Crippen LogP) is 7.05. The number of hydrogen-bond acceptors (Lipinski definition) is 3. The fourth-order valence-electron chi connectivity index (χ4n) is 3.85. The van der Waals surface area contributed by atoms with Crippen molar-refractivity contribution in [2.45, 2.75) is 39.2 Å². The number of nitrogens with one attached hydrogen (secondary N) is 1. The summed E-state index contributed by atoms with van der Waals surface area (Å²) >= 11 is 0. The maximum absolute atomic E-state index is 5.62. The first kappa shape index (κ1) is 21.8. The molecule has 1 aliphatic heterocycles. The molecular formula is C29H32N2O. The number of hydrogen-bond donors (Lipinski definition) is 1. The molecule has 0 fully saturated rings. The van der Waals surface area contributed by atoms with Crippen molar-refractivity contribution in [2.75, 3.05) is 11.6 Å². The van der Waals surface area contributed by atoms with Gasteiger partial charge in [0.1, 0.15) is 5.75 Å². The molecule has 3 heteroatoms. The highest BCUT2D eigenvalue weighted by atomic mass is 16.5. The van der Waals surface area contributed by atoms with Gasteiger partial charge in [0.25, 0.3) is 0 Å². The number of hydrazine groups is 1. The van der Waals surface area contributed by atoms with Crippen molar-refractivity contribution >= 4 is 11.8 Å². The van der Waals surface area contributed by atoms with E-state index in [9.17, 15) is 0 Å². The zero-order valence-electron chi connectivity index (χ0n) is 19.4. The van der Waals surface area contributed by atoms with Gasteiger partial charge in [-0.15, -0.1) is 0 Å². The summed E-state index contributed by atoms with van der Waals surface area (Å²) in [7, 11) is 0. The second-order valence-corrected chi connectivity index (χ2v) is 9.09. The molecule has 164 valence electrons. The molecule has 0 saturated carbocycles. The molecule has 0 aliphatic carbocycles. The number of rotatable bonds is 6. The highest BCUT2D eigenvalue weighted by Crippen LogP contribution is 2.33. The first-order valence-corrected chi connectivity index (χ1v) is 11.3. The zero-order valence-corrected chi connectivity index (χ0v) is 19.4. The van der Waals surface area contributed by atoms with Gasteiger partial charge >= 0.3 is 0 Å². The SMILES string of the molecule is CCOc1ccc(C2C=C(C=Cc3ccc(C(C)(C)C)cc3)NN2c2ccccc2)cc1. The van der Waals surface area contributed by atoms with Crippen LogP contribution in [0.25, 0.3) is 6.08 Å². The smallest absolute Gasteiger partial charge is 0.119 e. The van der Waals surface area contributed by atoms with E-state index in [0.717, 1.165) is 17.1 Å². The molecule has 3 nitrogen and oxygen atoms in total. The molecule has 0 spiro atoms. The quantitative estimate of drug-likeness (QED) is 0.459. The molecule has 1 aliphatic rings. The lowest BCUT2D eigenvalue weighted by Gasteiger charge is -2.27. The number of nitrogens with zero attached hydrogens (tertiary/aromatic N) is 1. The third-order valence-electron chi connectivity index (χ3n) is 5.66. The van der Waals surface area contributed by atoms with Crippen LogP contribution in [0.4, 0.5) is 5.69 Å². The molecule has 32 heavy (non-hydrogen) atoms. The average molecular weight is 425 g/mol. The van der Waals surface area contributed by atoms with Crippen molar-refractivity contribution in [1.82, 2.24) is 5.43 Å². The van der Waals surface area contributed by atoms with Gasteiger partial charge in [-0.3, -0.25) is 10.4 Å². The standard InChI is InChI=1S/C29H32N2O/c1-5-32-27-19-14-23(15-20-27)28-21-25(30-31(28)26-9-7-6-8-10-26)18-13-22-11-16-24(17-12-22)29(2,3)4/h6-21,28,30H,5H2,1-4H3. The lowest BCUT2D eigenvalue weighted by atomic mass is 9.87. The fourth-order valence-corrected chi connectivity index (χ4v) is 3.85. The van der Waals surface area contributed by atoms with E-state index < -0.39 is 0 Å². The lowest BCUT2D eigenvalue weighted by Crippen LogP contribution is -2.33. The molecule has 1 atom stereocenters. The maximum atomic E-state index is 5.62. The van der Waals surface area contributed by atoms with E-state index in [-0.39, 0.29) is 11.5 Å². The van der Waals surface area contributed by atoms with E-state index in [1.807, 2.05) is 25.1 Å². The van der Waals surface area contributed by atoms with Crippen molar-refractivity contribution in [1.29, 1.82) is 0 Å². The third kappa shape index (κ3) is 5.05. The van der Waals surface area contributed by atoms with E-state index in [4.69, 9.17) is 4.74 Å². The Bertz CT molecular complexity index is 1070. The Morgan fingerprint density at radius 2 is 1.56 bits per heavy atom. The minimum Gasteiger partial charge on any atom is -0.494 e. The van der Waals surface area contributed by atoms with Gasteiger partial charge in [0, 0.05) is 0 Å². The van der Waals surface area contributed by atoms with Crippen molar-refractivity contribution in [3.63, 3.8) is 0 Å². The van der Waals surface area contributed by atoms with Gasteiger partial charge in [0.05, 0.1) is 24.0 Å². The first-order valence-electron chi connectivity index (χ1n) is 11.3. The summed E-state index contributed by atoms with van der Waals surface area (Å²) in [5.74, 6) is 0.899. The molecule has 0 radical (unpaired) electrons. The van der Waals surface area contributed by atoms with Crippen LogP contribution < -0.4 is 15.2 Å². The Balaban J connectivity index is 1.58. The van der Waals surface area contributed by atoms with Crippen LogP contribution in [0.1, 0.15) is 50.4 Å². The van der Waals surface area contributed by atoms with Gasteiger partial charge < -0.3 is 4.74 Å². The zero-order chi connectivity index (χ0) is 22.6. The predicted molar refractivity (Wildman–Crippen MR) is 135 cm³/mol. The monoisotopic (exact) mass is 424 g/mol. The van der Waals surface area contributed by atoms with Crippen molar-refractivity contribution in [3.05, 3.63) is 113 Å². The molecule has 1 unspecified atom stereocenters. The Hall–Kier alpha value is -3.46. The van der Waals surface area contributed by atoms with Crippen LogP contribution in [0.15, 0.2) is 96.7 Å². The lowest BCUT2D eigenvalue weighted by molar-refractivity contribution is 0.340. The summed E-state index contributed by atoms with van der Waals surface area (Å²) in [4.78, 5) is 0. The van der Waals surface area contributed by atoms with Crippen molar-refractivity contribution in [3.8, 4) is 5.75 Å². The molecule has 0 amide bonds. The van der Waals surface area contributed by atoms with E-state index >= 15 is 0 Å². The molecule has 0 saturated heterocycles. The van der Waals surface area contributed by atoms with Gasteiger partial charge in [-0.2, -0.15) is 0 Å². The summed E-state index contributed by atoms with van der Waals surface area (Å²) in [5, 5.41) is 2.21. The number of allylic oxidation sites excluding steroid dienone is 1. The maximum Gasteiger partial charge on any atom is 0.119 e. The summed E-state index contributed by atoms with van der Waals surface area (Å²) in [6.45, 7) is 9.40. The normalized spacial score (nSPS) is 16.2. The van der Waals surface area contributed by atoms with E-state index in [1.165, 1.54) is 16.7 Å². The van der Waals surface area contributed by atoms with Crippen LogP contribution in [0.3, 0.4) is 0 Å². The summed E-state index contributed by atoms with van der Waals surface area (Å²) < 4.78 is 5.62. The fraction of sp³-hybridized carbons (Fsp3) is 0.241. The van der Waals surface area contributed by atoms with E-state index in [2.05, 4.69) is 110 Å². The average Bonchev–Trinajstić information content (AvgIpc) is 3.23. The van der Waals surface area contributed by atoms with Crippen LogP contribution in [-0.4, -0.2) is 6.61 Å². The summed E-state index contributed by atoms with van der Waals surface area (Å²) in [5.41, 5.74) is 9.69. The number of para-hydroxylation sites is 1. The van der Waals surface area contributed by atoms with Gasteiger partial charge in [0.15, 0.2) is 0 Å². The Morgan fingerprint density at radius 3 is 2.19 bits per heavy atom. The molecule has 3 aromatic rings. The van der Waals surface area contributed by atoms with Crippen LogP contribution in [-0.2, 0) is 5.41 Å². The number of benzene rings is 3. The molecule has 1 heterocycles. The topological polar surface area (TPSA) is 24.5 Å². The molecule has 1 N–H and O–H groups in total. The minimum absolute atomic E-state index is 0.0935. The Labute approximate surface area is 192 Å². The molecule has 3 aromatic carbocycles. The third-order valence-corrected chi connectivity index (χ3v) is 5.66. The van der Waals surface area contributed by atoms with E-state index in [1.54, 1.807) is 0 Å². The van der Waals surface area contributed by atoms with Gasteiger partial charge in [0.2, 0.25) is 0 Å². The second-order valence-electron chi connectivity index (χ2n) is 9.09. The van der Waals surface area contributed by atoms with Crippen LogP contribution in [0.5, 0.6) is 5.75 Å². The van der Waals surface area contributed by atoms with Gasteiger partial charge in [-0.25, -0.2) is 0 Å². The van der Waals surface area contributed by atoms with Crippen LogP contribution >= 0.6 is 0 Å². The number of anilines is 1. The van der Waals surface area contributed by atoms with Crippen LogP contribution in [0.2, 0.25) is 0 Å². The van der Waals surface area contributed by atoms with Crippen LogP contribution in [0, 0.1) is 0 Å². The Morgan fingerprint density at radius 1 is 0.875 bits per heavy atom. The largest absolute Gasteiger partial charge is 0.494 e. The summed E-state index contributed by atoms with van der Waals surface area (Å²) in [6.07, 6.45) is 6.58. The highest BCUT2D eigenvalue weighted by Gasteiger charge is 2.25. The molecule has 0 bridgehead atoms. The minimum atomic E-state index is 0.0935. The van der Waals surface area contributed by atoms with Crippen molar-refractivity contribution < 1.29 is 4.74 Å². The first-order chi connectivity index (χ1) is 15.4. The van der Waals surface area contributed by atoms with Crippen molar-refractivity contribution in [2.24, 2.45) is 0 Å². The second kappa shape index (κ2) is 9.35. The van der Waals surface area contributed by atoms with Gasteiger partial charge in [-0.1, -0.05) is 81.4 Å².